The molecule has 3 atom stereocenters. The molecule has 1 aromatic carbocycles. The van der Waals surface area contributed by atoms with Gasteiger partial charge in [-0.1, -0.05) is 32.0 Å². The van der Waals surface area contributed by atoms with Crippen LogP contribution >= 0.6 is 0 Å². The Hall–Kier alpha value is -1.84. The maximum atomic E-state index is 12.6. The third-order valence-corrected chi connectivity index (χ3v) is 5.40. The van der Waals surface area contributed by atoms with E-state index in [4.69, 9.17) is 0 Å². The van der Waals surface area contributed by atoms with Gasteiger partial charge in [-0.25, -0.2) is 0 Å². The van der Waals surface area contributed by atoms with Gasteiger partial charge in [0.2, 0.25) is 11.8 Å². The number of para-hydroxylation sites is 1. The summed E-state index contributed by atoms with van der Waals surface area (Å²) in [5, 5.41) is 3.08. The van der Waals surface area contributed by atoms with E-state index >= 15 is 0 Å². The quantitative estimate of drug-likeness (QED) is 0.921. The molecule has 0 spiro atoms. The minimum absolute atomic E-state index is 0.00223. The van der Waals surface area contributed by atoms with Gasteiger partial charge in [0, 0.05) is 18.8 Å². The second kappa shape index (κ2) is 6.96. The number of hydrogen-bond acceptors (Lipinski definition) is 2. The highest BCUT2D eigenvalue weighted by atomic mass is 16.2. The largest absolute Gasteiger partial charge is 0.342 e. The number of aryl methyl sites for hydroxylation is 2. The zero-order chi connectivity index (χ0) is 17.3. The summed E-state index contributed by atoms with van der Waals surface area (Å²) < 4.78 is 0. The summed E-state index contributed by atoms with van der Waals surface area (Å²) in [6.07, 6.45) is 3.86. The summed E-state index contributed by atoms with van der Waals surface area (Å²) in [4.78, 5) is 27.2. The molecule has 24 heavy (non-hydrogen) atoms. The van der Waals surface area contributed by atoms with Crippen LogP contribution < -0.4 is 5.32 Å². The number of hydrogen-bond donors (Lipinski definition) is 1. The summed E-state index contributed by atoms with van der Waals surface area (Å²) in [7, 11) is 0. The first-order chi connectivity index (χ1) is 11.5. The highest BCUT2D eigenvalue weighted by Crippen LogP contribution is 2.41. The number of likely N-dealkylation sites (tertiary alicyclic amines) is 1. The van der Waals surface area contributed by atoms with Crippen LogP contribution in [0.15, 0.2) is 18.2 Å². The van der Waals surface area contributed by atoms with Gasteiger partial charge in [-0.05, 0) is 49.7 Å². The topological polar surface area (TPSA) is 49.4 Å². The molecule has 1 aromatic rings. The lowest BCUT2D eigenvalue weighted by atomic mass is 10.00. The first-order valence-electron chi connectivity index (χ1n) is 9.19. The molecule has 0 bridgehead atoms. The Morgan fingerprint density at radius 3 is 2.79 bits per heavy atom. The molecule has 2 amide bonds. The second-order valence-corrected chi connectivity index (χ2v) is 7.43. The average molecular weight is 328 g/mol. The fourth-order valence-electron chi connectivity index (χ4n) is 3.80. The van der Waals surface area contributed by atoms with Gasteiger partial charge in [-0.2, -0.15) is 0 Å². The fraction of sp³-hybridized carbons (Fsp3) is 0.600. The van der Waals surface area contributed by atoms with Crippen molar-refractivity contribution in [2.24, 2.45) is 17.8 Å². The lowest BCUT2D eigenvalue weighted by Gasteiger charge is -2.31. The molecule has 4 heteroatoms. The zero-order valence-electron chi connectivity index (χ0n) is 15.0. The average Bonchev–Trinajstić information content (AvgIpc) is 3.36. The van der Waals surface area contributed by atoms with Gasteiger partial charge < -0.3 is 10.2 Å². The third-order valence-electron chi connectivity index (χ3n) is 5.40. The van der Waals surface area contributed by atoms with E-state index in [0.29, 0.717) is 12.3 Å². The Bertz CT molecular complexity index is 641. The predicted molar refractivity (Wildman–Crippen MR) is 95.8 cm³/mol. The summed E-state index contributed by atoms with van der Waals surface area (Å²) in [6.45, 7) is 8.00. The number of anilines is 1. The van der Waals surface area contributed by atoms with E-state index in [-0.39, 0.29) is 23.7 Å². The number of rotatable bonds is 4. The van der Waals surface area contributed by atoms with E-state index in [1.165, 1.54) is 6.42 Å². The molecule has 0 aromatic heterocycles. The molecule has 1 heterocycles. The maximum Gasteiger partial charge on any atom is 0.228 e. The Balaban J connectivity index is 1.61. The maximum absolute atomic E-state index is 12.6. The molecule has 2 aliphatic rings. The molecule has 1 N–H and O–H groups in total. The van der Waals surface area contributed by atoms with Crippen molar-refractivity contribution in [3.8, 4) is 0 Å². The van der Waals surface area contributed by atoms with E-state index in [2.05, 4.69) is 19.2 Å². The molecular weight excluding hydrogens is 300 g/mol. The number of carbonyl (C=O) groups is 2. The molecular formula is C20H28N2O2. The Labute approximate surface area is 144 Å². The second-order valence-electron chi connectivity index (χ2n) is 7.43. The first-order valence-corrected chi connectivity index (χ1v) is 9.19. The lowest BCUT2D eigenvalue weighted by molar-refractivity contribution is -0.135. The third kappa shape index (κ3) is 3.47. The van der Waals surface area contributed by atoms with Crippen LogP contribution in [0.3, 0.4) is 0 Å². The predicted octanol–water partition coefficient (Wildman–Crippen LogP) is 3.39. The van der Waals surface area contributed by atoms with Gasteiger partial charge in [-0.3, -0.25) is 9.59 Å². The summed E-state index contributed by atoms with van der Waals surface area (Å²) in [6, 6.07) is 6.08. The summed E-state index contributed by atoms with van der Waals surface area (Å²) in [5.41, 5.74) is 3.16. The van der Waals surface area contributed by atoms with Crippen molar-refractivity contribution >= 4 is 17.5 Å². The summed E-state index contributed by atoms with van der Waals surface area (Å²) >= 11 is 0. The minimum Gasteiger partial charge on any atom is -0.342 e. The van der Waals surface area contributed by atoms with Gasteiger partial charge in [0.15, 0.2) is 0 Å². The molecule has 1 aliphatic heterocycles. The summed E-state index contributed by atoms with van der Waals surface area (Å²) in [5.74, 6) is 0.501. The van der Waals surface area contributed by atoms with Gasteiger partial charge in [0.05, 0.1) is 11.8 Å². The van der Waals surface area contributed by atoms with Crippen molar-refractivity contribution in [2.45, 2.75) is 46.5 Å². The van der Waals surface area contributed by atoms with E-state index in [0.717, 1.165) is 42.7 Å². The van der Waals surface area contributed by atoms with Crippen LogP contribution in [-0.4, -0.2) is 29.8 Å². The highest BCUT2D eigenvalue weighted by Gasteiger charge is 2.49. The number of nitrogens with one attached hydrogen (secondary N) is 1. The highest BCUT2D eigenvalue weighted by molar-refractivity contribution is 6.00. The smallest absolute Gasteiger partial charge is 0.228 e. The first kappa shape index (κ1) is 17.0. The van der Waals surface area contributed by atoms with Crippen LogP contribution in [0.5, 0.6) is 0 Å². The van der Waals surface area contributed by atoms with E-state index < -0.39 is 0 Å². The number of piperidine rings is 1. The number of amides is 2. The van der Waals surface area contributed by atoms with Crippen molar-refractivity contribution in [3.63, 3.8) is 0 Å². The SMILES string of the molecule is CCc1cccc(C)c1NC(=O)C1CC1C(=O)N1CCCC(C)C1. The van der Waals surface area contributed by atoms with Gasteiger partial charge in [-0.15, -0.1) is 0 Å². The monoisotopic (exact) mass is 328 g/mol. The van der Waals surface area contributed by atoms with E-state index in [1.54, 1.807) is 0 Å². The Morgan fingerprint density at radius 2 is 2.08 bits per heavy atom. The number of nitrogens with zero attached hydrogens (tertiary/aromatic N) is 1. The van der Waals surface area contributed by atoms with Crippen LogP contribution in [0.25, 0.3) is 0 Å². The van der Waals surface area contributed by atoms with Gasteiger partial charge >= 0.3 is 0 Å². The molecule has 4 nitrogen and oxygen atoms in total. The molecule has 2 fully saturated rings. The van der Waals surface area contributed by atoms with Crippen molar-refractivity contribution in [2.75, 3.05) is 18.4 Å². The Kier molecular flexibility index (Phi) is 4.93. The molecule has 1 aliphatic carbocycles. The zero-order valence-corrected chi connectivity index (χ0v) is 15.0. The van der Waals surface area contributed by atoms with Crippen LogP contribution in [0, 0.1) is 24.7 Å². The van der Waals surface area contributed by atoms with Gasteiger partial charge in [0.25, 0.3) is 0 Å². The number of carbonyl (C=O) groups excluding carboxylic acids is 2. The normalized spacial score (nSPS) is 26.1. The molecule has 3 rings (SSSR count). The van der Waals surface area contributed by atoms with Crippen molar-refractivity contribution < 1.29 is 9.59 Å². The molecule has 3 unspecified atom stereocenters. The molecule has 1 saturated carbocycles. The standard InChI is InChI=1S/C20H28N2O2/c1-4-15-9-5-8-14(3)18(15)21-19(23)16-11-17(16)20(24)22-10-6-7-13(2)12-22/h5,8-9,13,16-17H,4,6-7,10-12H2,1-3H3,(H,21,23). The fourth-order valence-corrected chi connectivity index (χ4v) is 3.80. The van der Waals surface area contributed by atoms with E-state index in [1.807, 2.05) is 30.0 Å². The van der Waals surface area contributed by atoms with Crippen LogP contribution in [0.2, 0.25) is 0 Å². The van der Waals surface area contributed by atoms with E-state index in [9.17, 15) is 9.59 Å². The van der Waals surface area contributed by atoms with Crippen LogP contribution in [0.4, 0.5) is 5.69 Å². The van der Waals surface area contributed by atoms with Crippen LogP contribution in [-0.2, 0) is 16.0 Å². The van der Waals surface area contributed by atoms with Crippen molar-refractivity contribution in [3.05, 3.63) is 29.3 Å². The van der Waals surface area contributed by atoms with Crippen molar-refractivity contribution in [1.29, 1.82) is 0 Å². The van der Waals surface area contributed by atoms with Crippen molar-refractivity contribution in [1.82, 2.24) is 4.90 Å². The Morgan fingerprint density at radius 1 is 1.29 bits per heavy atom. The minimum atomic E-state index is -0.154. The lowest BCUT2D eigenvalue weighted by Crippen LogP contribution is -2.40. The van der Waals surface area contributed by atoms with Crippen LogP contribution in [0.1, 0.15) is 44.2 Å². The molecule has 0 radical (unpaired) electrons. The van der Waals surface area contributed by atoms with Gasteiger partial charge in [0.1, 0.15) is 0 Å². The molecule has 1 saturated heterocycles. The molecule has 130 valence electrons. The number of benzene rings is 1.